The first-order valence-corrected chi connectivity index (χ1v) is 3.66. The number of methoxy groups -OCH3 is 1. The smallest absolute Gasteiger partial charge is 0.136 e. The Morgan fingerprint density at radius 3 is 2.64 bits per heavy atom. The van der Waals surface area contributed by atoms with Crippen LogP contribution in [0.25, 0.3) is 0 Å². The first-order chi connectivity index (χ1) is 5.25. The Labute approximate surface area is 66.3 Å². The molecule has 0 spiro atoms. The summed E-state index contributed by atoms with van der Waals surface area (Å²) in [6, 6.07) is 0. The fraction of sp³-hybridized carbons (Fsp3) is 0.625. The molecule has 0 aliphatic carbocycles. The second-order valence-electron chi connectivity index (χ2n) is 2.55. The van der Waals surface area contributed by atoms with Gasteiger partial charge in [-0.25, -0.2) is 0 Å². The molecule has 0 aliphatic heterocycles. The summed E-state index contributed by atoms with van der Waals surface area (Å²) in [6.07, 6.45) is 0.833. The van der Waals surface area contributed by atoms with Crippen molar-refractivity contribution in [2.24, 2.45) is 0 Å². The van der Waals surface area contributed by atoms with E-state index < -0.39 is 0 Å². The third kappa shape index (κ3) is 1.80. The first kappa shape index (κ1) is 8.27. The van der Waals surface area contributed by atoms with Crippen molar-refractivity contribution < 1.29 is 9.26 Å². The van der Waals surface area contributed by atoms with Gasteiger partial charge in [-0.2, -0.15) is 0 Å². The number of aromatic nitrogens is 1. The average Bonchev–Trinajstić information content (AvgIpc) is 2.31. The zero-order chi connectivity index (χ0) is 8.27. The predicted molar refractivity (Wildman–Crippen MR) is 41.6 cm³/mol. The van der Waals surface area contributed by atoms with E-state index in [1.165, 1.54) is 0 Å². The zero-order valence-corrected chi connectivity index (χ0v) is 7.18. The molecule has 62 valence electrons. The van der Waals surface area contributed by atoms with Crippen LogP contribution in [0.2, 0.25) is 0 Å². The minimum Gasteiger partial charge on any atom is -0.384 e. The minimum atomic E-state index is 0.701. The fourth-order valence-electron chi connectivity index (χ4n) is 0.896. The molecule has 0 aliphatic rings. The first-order valence-electron chi connectivity index (χ1n) is 3.66. The molecule has 3 heteroatoms. The van der Waals surface area contributed by atoms with Crippen molar-refractivity contribution in [3.05, 3.63) is 17.0 Å². The number of nitrogens with zero attached hydrogens (tertiary/aromatic N) is 1. The Balaban J connectivity index is 2.63. The molecule has 11 heavy (non-hydrogen) atoms. The maximum Gasteiger partial charge on any atom is 0.136 e. The van der Waals surface area contributed by atoms with E-state index in [2.05, 4.69) is 5.16 Å². The maximum atomic E-state index is 4.99. The molecule has 1 heterocycles. The van der Waals surface area contributed by atoms with E-state index in [0.717, 1.165) is 23.4 Å². The highest BCUT2D eigenvalue weighted by atomic mass is 16.5. The summed E-state index contributed by atoms with van der Waals surface area (Å²) in [6.45, 7) is 4.63. The van der Waals surface area contributed by atoms with E-state index >= 15 is 0 Å². The predicted octanol–water partition coefficient (Wildman–Crippen LogP) is 1.48. The number of hydrogen-bond acceptors (Lipinski definition) is 3. The molecule has 0 N–H and O–H groups in total. The van der Waals surface area contributed by atoms with Gasteiger partial charge in [0.25, 0.3) is 0 Å². The molecule has 1 aromatic heterocycles. The second-order valence-corrected chi connectivity index (χ2v) is 2.55. The van der Waals surface area contributed by atoms with Gasteiger partial charge in [-0.1, -0.05) is 5.16 Å². The van der Waals surface area contributed by atoms with E-state index in [1.807, 2.05) is 13.8 Å². The Bertz CT molecular complexity index is 230. The lowest BCUT2D eigenvalue weighted by Crippen LogP contribution is -1.96. The molecule has 0 bridgehead atoms. The summed E-state index contributed by atoms with van der Waals surface area (Å²) in [5.74, 6) is 0.899. The molecule has 0 aromatic carbocycles. The van der Waals surface area contributed by atoms with Crippen molar-refractivity contribution in [1.82, 2.24) is 5.16 Å². The molecule has 0 saturated heterocycles. The molecule has 0 fully saturated rings. The van der Waals surface area contributed by atoms with Gasteiger partial charge in [-0.05, 0) is 13.8 Å². The van der Waals surface area contributed by atoms with Crippen LogP contribution in [-0.4, -0.2) is 18.9 Å². The van der Waals surface area contributed by atoms with Crippen LogP contribution < -0.4 is 0 Å². The van der Waals surface area contributed by atoms with Crippen molar-refractivity contribution in [2.75, 3.05) is 13.7 Å². The third-order valence-electron chi connectivity index (χ3n) is 1.80. The van der Waals surface area contributed by atoms with Crippen LogP contribution in [0.3, 0.4) is 0 Å². The molecule has 0 radical (unpaired) electrons. The monoisotopic (exact) mass is 155 g/mol. The lowest BCUT2D eigenvalue weighted by atomic mass is 10.2. The zero-order valence-electron chi connectivity index (χ0n) is 7.18. The van der Waals surface area contributed by atoms with E-state index in [1.54, 1.807) is 7.11 Å². The molecule has 3 nitrogen and oxygen atoms in total. The van der Waals surface area contributed by atoms with Crippen LogP contribution in [-0.2, 0) is 11.2 Å². The quantitative estimate of drug-likeness (QED) is 0.663. The Kier molecular flexibility index (Phi) is 2.65. The van der Waals surface area contributed by atoms with Crippen molar-refractivity contribution in [3.8, 4) is 0 Å². The highest BCUT2D eigenvalue weighted by molar-refractivity contribution is 5.19. The second kappa shape index (κ2) is 3.53. The summed E-state index contributed by atoms with van der Waals surface area (Å²) in [4.78, 5) is 0. The van der Waals surface area contributed by atoms with Gasteiger partial charge in [0.15, 0.2) is 0 Å². The molecule has 1 aromatic rings. The van der Waals surface area contributed by atoms with Gasteiger partial charge >= 0.3 is 0 Å². The van der Waals surface area contributed by atoms with E-state index in [9.17, 15) is 0 Å². The van der Waals surface area contributed by atoms with Gasteiger partial charge in [-0.3, -0.25) is 0 Å². The van der Waals surface area contributed by atoms with Crippen molar-refractivity contribution in [1.29, 1.82) is 0 Å². The molecule has 0 saturated carbocycles. The Hall–Kier alpha value is -0.830. The summed E-state index contributed by atoms with van der Waals surface area (Å²) >= 11 is 0. The van der Waals surface area contributed by atoms with Crippen molar-refractivity contribution in [3.63, 3.8) is 0 Å². The highest BCUT2D eigenvalue weighted by Crippen LogP contribution is 2.11. The Morgan fingerprint density at radius 2 is 2.18 bits per heavy atom. The van der Waals surface area contributed by atoms with Crippen molar-refractivity contribution in [2.45, 2.75) is 20.3 Å². The SMILES string of the molecule is COCCc1noc(C)c1C. The number of aryl methyl sites for hydroxylation is 1. The fourth-order valence-corrected chi connectivity index (χ4v) is 0.896. The summed E-state index contributed by atoms with van der Waals surface area (Å²) in [5, 5.41) is 3.90. The van der Waals surface area contributed by atoms with Gasteiger partial charge in [0, 0.05) is 19.1 Å². The van der Waals surface area contributed by atoms with Crippen LogP contribution in [0.5, 0.6) is 0 Å². The Morgan fingerprint density at radius 1 is 1.45 bits per heavy atom. The summed E-state index contributed by atoms with van der Waals surface area (Å²) in [7, 11) is 1.68. The van der Waals surface area contributed by atoms with Crippen molar-refractivity contribution >= 4 is 0 Å². The van der Waals surface area contributed by atoms with Gasteiger partial charge < -0.3 is 9.26 Å². The number of ether oxygens (including phenoxy) is 1. The van der Waals surface area contributed by atoms with E-state index in [-0.39, 0.29) is 0 Å². The van der Waals surface area contributed by atoms with Crippen LogP contribution >= 0.6 is 0 Å². The van der Waals surface area contributed by atoms with Gasteiger partial charge in [0.05, 0.1) is 12.3 Å². The van der Waals surface area contributed by atoms with Crippen LogP contribution in [0.15, 0.2) is 4.52 Å². The lowest BCUT2D eigenvalue weighted by molar-refractivity contribution is 0.200. The molecule has 0 amide bonds. The highest BCUT2D eigenvalue weighted by Gasteiger charge is 2.06. The van der Waals surface area contributed by atoms with Gasteiger partial charge in [-0.15, -0.1) is 0 Å². The van der Waals surface area contributed by atoms with E-state index in [4.69, 9.17) is 9.26 Å². The molecule has 1 rings (SSSR count). The lowest BCUT2D eigenvalue weighted by Gasteiger charge is -1.94. The van der Waals surface area contributed by atoms with Crippen LogP contribution in [0.4, 0.5) is 0 Å². The average molecular weight is 155 g/mol. The van der Waals surface area contributed by atoms with Gasteiger partial charge in [0.2, 0.25) is 0 Å². The summed E-state index contributed by atoms with van der Waals surface area (Å²) < 4.78 is 9.92. The van der Waals surface area contributed by atoms with Gasteiger partial charge in [0.1, 0.15) is 5.76 Å². The normalized spacial score (nSPS) is 10.5. The molecule has 0 unspecified atom stereocenters. The van der Waals surface area contributed by atoms with Crippen LogP contribution in [0, 0.1) is 13.8 Å². The molecular weight excluding hydrogens is 142 g/mol. The third-order valence-corrected chi connectivity index (χ3v) is 1.80. The van der Waals surface area contributed by atoms with E-state index in [0.29, 0.717) is 6.61 Å². The molecular formula is C8H13NO2. The largest absolute Gasteiger partial charge is 0.384 e. The molecule has 0 atom stereocenters. The number of hydrogen-bond donors (Lipinski definition) is 0. The maximum absolute atomic E-state index is 4.99. The summed E-state index contributed by atoms with van der Waals surface area (Å²) in [5.41, 5.74) is 2.14. The topological polar surface area (TPSA) is 35.3 Å². The number of rotatable bonds is 3. The standard InChI is InChI=1S/C8H13NO2/c1-6-7(2)11-9-8(6)4-5-10-3/h4-5H2,1-3H3. The van der Waals surface area contributed by atoms with Crippen LogP contribution in [0.1, 0.15) is 17.0 Å². The minimum absolute atomic E-state index is 0.701.